The van der Waals surface area contributed by atoms with Crippen molar-refractivity contribution < 1.29 is 4.79 Å². The fourth-order valence-corrected chi connectivity index (χ4v) is 3.47. The van der Waals surface area contributed by atoms with Crippen LogP contribution in [0.15, 0.2) is 29.3 Å². The van der Waals surface area contributed by atoms with Gasteiger partial charge in [0.25, 0.3) is 5.56 Å². The Hall–Kier alpha value is -3.63. The van der Waals surface area contributed by atoms with Gasteiger partial charge in [0.05, 0.1) is 5.69 Å². The van der Waals surface area contributed by atoms with Gasteiger partial charge in [-0.2, -0.15) is 14.7 Å². The van der Waals surface area contributed by atoms with Gasteiger partial charge in [-0.05, 0) is 43.9 Å². The molecule has 0 saturated heterocycles. The number of hydrogen-bond acceptors (Lipinski definition) is 7. The molecule has 1 amide bonds. The first-order valence-corrected chi connectivity index (χ1v) is 9.63. The molecule has 0 spiro atoms. The molecule has 2 aliphatic carbocycles. The number of anilines is 1. The summed E-state index contributed by atoms with van der Waals surface area (Å²) in [5, 5.41) is 23.6. The van der Waals surface area contributed by atoms with Gasteiger partial charge in [-0.3, -0.25) is 9.59 Å². The lowest BCUT2D eigenvalue weighted by molar-refractivity contribution is -0.117. The number of amides is 1. The number of fused-ring (bicyclic) bond motifs is 2. The lowest BCUT2D eigenvalue weighted by Gasteiger charge is -2.09. The Bertz CT molecular complexity index is 1330. The number of carbonyl (C=O) groups excluding carboxylic acids is 1. The summed E-state index contributed by atoms with van der Waals surface area (Å²) in [6, 6.07) is 5.18. The second kappa shape index (κ2) is 5.93. The molecule has 4 aromatic heterocycles. The van der Waals surface area contributed by atoms with E-state index in [1.54, 1.807) is 16.6 Å². The van der Waals surface area contributed by atoms with Crippen LogP contribution < -0.4 is 10.9 Å². The van der Waals surface area contributed by atoms with E-state index in [2.05, 4.69) is 30.8 Å². The van der Waals surface area contributed by atoms with Crippen molar-refractivity contribution in [2.24, 2.45) is 0 Å². The fraction of sp³-hybridized carbons (Fsp3) is 0.389. The predicted octanol–water partition coefficient (Wildman–Crippen LogP) is 0.722. The molecule has 11 heteroatoms. The van der Waals surface area contributed by atoms with E-state index in [1.165, 1.54) is 15.5 Å². The van der Waals surface area contributed by atoms with Gasteiger partial charge in [0.1, 0.15) is 18.4 Å². The highest BCUT2D eigenvalue weighted by Crippen LogP contribution is 2.41. The van der Waals surface area contributed by atoms with Crippen molar-refractivity contribution in [3.63, 3.8) is 0 Å². The normalized spacial score (nSPS) is 16.6. The topological polar surface area (TPSA) is 124 Å². The van der Waals surface area contributed by atoms with Crippen molar-refractivity contribution in [3.05, 3.63) is 46.4 Å². The Labute approximate surface area is 163 Å². The van der Waals surface area contributed by atoms with Crippen molar-refractivity contribution >= 4 is 22.9 Å². The number of hydrogen-bond donors (Lipinski definition) is 1. The zero-order valence-electron chi connectivity index (χ0n) is 15.4. The highest BCUT2D eigenvalue weighted by atomic mass is 16.2. The number of nitrogens with one attached hydrogen (secondary N) is 1. The summed E-state index contributed by atoms with van der Waals surface area (Å²) in [6.07, 6.45) is 5.71. The van der Waals surface area contributed by atoms with E-state index in [0.29, 0.717) is 22.9 Å². The maximum absolute atomic E-state index is 12.9. The van der Waals surface area contributed by atoms with Crippen LogP contribution in [0.1, 0.15) is 49.0 Å². The smallest absolute Gasteiger partial charge is 0.293 e. The number of aromatic nitrogens is 8. The summed E-state index contributed by atoms with van der Waals surface area (Å²) in [7, 11) is 0. The average molecular weight is 391 g/mol. The molecule has 2 aliphatic rings. The molecular weight excluding hydrogens is 374 g/mol. The molecule has 2 saturated carbocycles. The number of nitrogens with zero attached hydrogens (tertiary/aromatic N) is 8. The Kier molecular flexibility index (Phi) is 3.34. The molecule has 11 nitrogen and oxygen atoms in total. The third-order valence-corrected chi connectivity index (χ3v) is 5.28. The van der Waals surface area contributed by atoms with E-state index in [4.69, 9.17) is 0 Å². The largest absolute Gasteiger partial charge is 0.308 e. The van der Waals surface area contributed by atoms with E-state index < -0.39 is 0 Å². The van der Waals surface area contributed by atoms with Crippen LogP contribution in [0.4, 0.5) is 5.82 Å². The van der Waals surface area contributed by atoms with Gasteiger partial charge in [0.15, 0.2) is 17.3 Å². The molecule has 0 radical (unpaired) electrons. The third-order valence-electron chi connectivity index (χ3n) is 5.28. The zero-order valence-corrected chi connectivity index (χ0v) is 15.4. The monoisotopic (exact) mass is 391 g/mol. The standard InChI is InChI=1S/C18H17N9O2/c28-16(20-14-5-6-15-21-19-9-26(15)23-14)8-25-18(29)13-7-12(10-1-2-10)22-27(13)17(24-25)11-3-4-11/h5-7,9-11H,1-4,8H2,(H,20,23,28). The second-order valence-corrected chi connectivity index (χ2v) is 7.64. The van der Waals surface area contributed by atoms with Crippen molar-refractivity contribution in [2.45, 2.75) is 44.1 Å². The van der Waals surface area contributed by atoms with Gasteiger partial charge >= 0.3 is 0 Å². The van der Waals surface area contributed by atoms with Gasteiger partial charge < -0.3 is 5.32 Å². The van der Waals surface area contributed by atoms with Gasteiger partial charge in [0.2, 0.25) is 5.91 Å². The van der Waals surface area contributed by atoms with Gasteiger partial charge in [-0.25, -0.2) is 9.20 Å². The molecule has 1 N–H and O–H groups in total. The van der Waals surface area contributed by atoms with E-state index in [-0.39, 0.29) is 23.9 Å². The highest BCUT2D eigenvalue weighted by Gasteiger charge is 2.32. The lowest BCUT2D eigenvalue weighted by Crippen LogP contribution is -2.32. The van der Waals surface area contributed by atoms with Crippen molar-refractivity contribution in [3.8, 4) is 0 Å². The first kappa shape index (κ1) is 16.3. The minimum atomic E-state index is -0.382. The van der Waals surface area contributed by atoms with Crippen molar-refractivity contribution in [2.75, 3.05) is 5.32 Å². The lowest BCUT2D eigenvalue weighted by atomic mass is 10.3. The Balaban J connectivity index is 1.32. The van der Waals surface area contributed by atoms with E-state index >= 15 is 0 Å². The Morgan fingerprint density at radius 1 is 1.10 bits per heavy atom. The molecule has 6 rings (SSSR count). The first-order valence-electron chi connectivity index (χ1n) is 9.63. The minimum absolute atomic E-state index is 0.194. The summed E-state index contributed by atoms with van der Waals surface area (Å²) in [4.78, 5) is 25.5. The Morgan fingerprint density at radius 3 is 2.72 bits per heavy atom. The quantitative estimate of drug-likeness (QED) is 0.531. The summed E-state index contributed by atoms with van der Waals surface area (Å²) >= 11 is 0. The van der Waals surface area contributed by atoms with Gasteiger partial charge in [-0.1, -0.05) is 0 Å². The maximum atomic E-state index is 12.9. The molecule has 146 valence electrons. The first-order chi connectivity index (χ1) is 14.2. The minimum Gasteiger partial charge on any atom is -0.308 e. The molecule has 4 heterocycles. The van der Waals surface area contributed by atoms with Crippen LogP contribution in [0.2, 0.25) is 0 Å². The molecule has 29 heavy (non-hydrogen) atoms. The second-order valence-electron chi connectivity index (χ2n) is 7.64. The van der Waals surface area contributed by atoms with Crippen LogP contribution in [-0.2, 0) is 11.3 Å². The zero-order chi connectivity index (χ0) is 19.5. The third kappa shape index (κ3) is 2.85. The van der Waals surface area contributed by atoms with Crippen LogP contribution in [-0.4, -0.2) is 45.1 Å². The summed E-state index contributed by atoms with van der Waals surface area (Å²) in [5.74, 6) is 1.45. The van der Waals surface area contributed by atoms with Crippen LogP contribution in [0.3, 0.4) is 0 Å². The highest BCUT2D eigenvalue weighted by molar-refractivity contribution is 5.89. The summed E-state index contributed by atoms with van der Waals surface area (Å²) in [5.41, 5.74) is 1.69. The van der Waals surface area contributed by atoms with E-state index in [9.17, 15) is 9.59 Å². The summed E-state index contributed by atoms with van der Waals surface area (Å²) in [6.45, 7) is -0.194. The van der Waals surface area contributed by atoms with Crippen LogP contribution in [0, 0.1) is 0 Å². The van der Waals surface area contributed by atoms with Gasteiger partial charge in [-0.15, -0.1) is 15.3 Å². The maximum Gasteiger partial charge on any atom is 0.293 e. The van der Waals surface area contributed by atoms with Gasteiger partial charge in [0, 0.05) is 11.8 Å². The molecular formula is C18H17N9O2. The average Bonchev–Trinajstić information content (AvgIpc) is 3.63. The predicted molar refractivity (Wildman–Crippen MR) is 101 cm³/mol. The SMILES string of the molecule is O=C(Cn1nc(C2CC2)n2nc(C3CC3)cc2c1=O)Nc1ccc2nncn2n1. The van der Waals surface area contributed by atoms with Crippen LogP contribution in [0.25, 0.3) is 11.2 Å². The van der Waals surface area contributed by atoms with Crippen LogP contribution >= 0.6 is 0 Å². The van der Waals surface area contributed by atoms with E-state index in [0.717, 1.165) is 37.2 Å². The van der Waals surface area contributed by atoms with Crippen molar-refractivity contribution in [1.29, 1.82) is 0 Å². The fourth-order valence-electron chi connectivity index (χ4n) is 3.47. The molecule has 0 aromatic carbocycles. The molecule has 4 aromatic rings. The number of rotatable bonds is 5. The molecule has 2 fully saturated rings. The molecule has 0 bridgehead atoms. The molecule has 0 atom stereocenters. The van der Waals surface area contributed by atoms with Crippen molar-refractivity contribution in [1.82, 2.24) is 39.2 Å². The molecule has 0 aliphatic heterocycles. The van der Waals surface area contributed by atoms with Crippen LogP contribution in [0.5, 0.6) is 0 Å². The Morgan fingerprint density at radius 2 is 1.93 bits per heavy atom. The van der Waals surface area contributed by atoms with E-state index in [1.807, 2.05) is 6.07 Å². The molecule has 0 unspecified atom stereocenters. The number of carbonyl (C=O) groups is 1. The summed E-state index contributed by atoms with van der Waals surface area (Å²) < 4.78 is 4.38.